The van der Waals surface area contributed by atoms with Crippen LogP contribution >= 0.6 is 35.3 Å². The van der Waals surface area contributed by atoms with Crippen molar-refractivity contribution in [1.29, 1.82) is 0 Å². The Morgan fingerprint density at radius 3 is 3.10 bits per heavy atom. The Morgan fingerprint density at radius 1 is 1.55 bits per heavy atom. The van der Waals surface area contributed by atoms with E-state index in [1.165, 1.54) is 24.8 Å². The summed E-state index contributed by atoms with van der Waals surface area (Å²) in [5.41, 5.74) is 7.50. The highest BCUT2D eigenvalue weighted by Gasteiger charge is 2.27. The van der Waals surface area contributed by atoms with Crippen LogP contribution in [0.4, 0.5) is 0 Å². The quantitative estimate of drug-likeness (QED) is 0.474. The summed E-state index contributed by atoms with van der Waals surface area (Å²) in [6, 6.07) is 2.90. The van der Waals surface area contributed by atoms with Crippen molar-refractivity contribution in [2.45, 2.75) is 31.8 Å². The summed E-state index contributed by atoms with van der Waals surface area (Å²) in [6.45, 7) is 4.05. The summed E-state index contributed by atoms with van der Waals surface area (Å²) < 4.78 is 0. The standard InChI is InChI=1S/C14H22N4S.HI/c1-17(12-2-3-12)14(15)16-6-8-18-7-4-13-11(10-18)5-9-19-13;/h5,9,12H,2-4,6-8,10H2,1H3,(H2,15,16);1H. The summed E-state index contributed by atoms with van der Waals surface area (Å²) in [5.74, 6) is 0.704. The van der Waals surface area contributed by atoms with Gasteiger partial charge in [0, 0.05) is 37.6 Å². The average Bonchev–Trinajstić information content (AvgIpc) is 3.16. The van der Waals surface area contributed by atoms with Crippen LogP contribution in [0.3, 0.4) is 0 Å². The van der Waals surface area contributed by atoms with E-state index in [1.807, 2.05) is 11.3 Å². The highest BCUT2D eigenvalue weighted by Crippen LogP contribution is 2.25. The minimum absolute atomic E-state index is 0. The first kappa shape index (κ1) is 16.0. The van der Waals surface area contributed by atoms with Crippen LogP contribution in [0.5, 0.6) is 0 Å². The third kappa shape index (κ3) is 3.85. The normalized spacial score (nSPS) is 19.4. The molecule has 0 unspecified atom stereocenters. The molecule has 0 bridgehead atoms. The minimum Gasteiger partial charge on any atom is -0.370 e. The minimum atomic E-state index is 0. The van der Waals surface area contributed by atoms with Crippen LogP contribution in [0.15, 0.2) is 16.4 Å². The maximum absolute atomic E-state index is 5.99. The highest BCUT2D eigenvalue weighted by molar-refractivity contribution is 14.0. The van der Waals surface area contributed by atoms with Gasteiger partial charge >= 0.3 is 0 Å². The van der Waals surface area contributed by atoms with Gasteiger partial charge in [-0.25, -0.2) is 0 Å². The molecule has 0 atom stereocenters. The maximum Gasteiger partial charge on any atom is 0.191 e. The van der Waals surface area contributed by atoms with Crippen LogP contribution in [0, 0.1) is 0 Å². The number of nitrogens with two attached hydrogens (primary N) is 1. The number of aliphatic imine (C=N–C) groups is 1. The van der Waals surface area contributed by atoms with Crippen molar-refractivity contribution in [3.8, 4) is 0 Å². The number of halogens is 1. The number of guanidine groups is 1. The molecular weight excluding hydrogens is 383 g/mol. The molecule has 0 amide bonds. The van der Waals surface area contributed by atoms with Crippen molar-refractivity contribution in [2.75, 3.05) is 26.7 Å². The Labute approximate surface area is 142 Å². The molecule has 1 saturated carbocycles. The zero-order valence-corrected chi connectivity index (χ0v) is 15.1. The van der Waals surface area contributed by atoms with Crippen molar-refractivity contribution in [3.63, 3.8) is 0 Å². The number of hydrogen-bond donors (Lipinski definition) is 1. The van der Waals surface area contributed by atoms with Gasteiger partial charge in [-0.1, -0.05) is 0 Å². The Hall–Kier alpha value is -0.340. The van der Waals surface area contributed by atoms with Gasteiger partial charge in [0.15, 0.2) is 5.96 Å². The van der Waals surface area contributed by atoms with E-state index in [9.17, 15) is 0 Å². The Bertz CT molecular complexity index is 469. The van der Waals surface area contributed by atoms with Crippen LogP contribution in [0.25, 0.3) is 0 Å². The Morgan fingerprint density at radius 2 is 2.35 bits per heavy atom. The van der Waals surface area contributed by atoms with Gasteiger partial charge in [-0.15, -0.1) is 35.3 Å². The third-order valence-corrected chi connectivity index (χ3v) is 5.06. The van der Waals surface area contributed by atoms with E-state index in [4.69, 9.17) is 5.73 Å². The largest absolute Gasteiger partial charge is 0.370 e. The van der Waals surface area contributed by atoms with Crippen LogP contribution in [-0.4, -0.2) is 48.5 Å². The van der Waals surface area contributed by atoms with Gasteiger partial charge in [-0.05, 0) is 36.3 Å². The van der Waals surface area contributed by atoms with Gasteiger partial charge in [0.2, 0.25) is 0 Å². The average molecular weight is 406 g/mol. The second-order valence-corrected chi connectivity index (χ2v) is 6.48. The topological polar surface area (TPSA) is 44.9 Å². The number of hydrogen-bond acceptors (Lipinski definition) is 3. The Kier molecular flexibility index (Phi) is 5.68. The maximum atomic E-state index is 5.99. The SMILES string of the molecule is CN(C(N)=NCCN1CCc2sccc2C1)C1CC1.I. The third-order valence-electron chi connectivity index (χ3n) is 4.03. The second kappa shape index (κ2) is 7.09. The van der Waals surface area contributed by atoms with Crippen molar-refractivity contribution in [2.24, 2.45) is 10.7 Å². The van der Waals surface area contributed by atoms with E-state index in [2.05, 4.69) is 33.3 Å². The summed E-state index contributed by atoms with van der Waals surface area (Å²) in [5, 5.41) is 2.20. The van der Waals surface area contributed by atoms with Crippen LogP contribution in [0.2, 0.25) is 0 Å². The van der Waals surface area contributed by atoms with Gasteiger partial charge in [0.25, 0.3) is 0 Å². The molecule has 1 aromatic heterocycles. The summed E-state index contributed by atoms with van der Waals surface area (Å²) in [4.78, 5) is 10.7. The first-order valence-corrected chi connectivity index (χ1v) is 7.92. The number of thiophene rings is 1. The van der Waals surface area contributed by atoms with Gasteiger partial charge in [-0.3, -0.25) is 9.89 Å². The molecule has 0 spiro atoms. The lowest BCUT2D eigenvalue weighted by Gasteiger charge is -2.26. The molecule has 2 heterocycles. The van der Waals surface area contributed by atoms with E-state index in [-0.39, 0.29) is 24.0 Å². The fourth-order valence-electron chi connectivity index (χ4n) is 2.56. The van der Waals surface area contributed by atoms with Crippen molar-refractivity contribution in [1.82, 2.24) is 9.80 Å². The predicted molar refractivity (Wildman–Crippen MR) is 96.0 cm³/mol. The first-order chi connectivity index (χ1) is 9.24. The number of fused-ring (bicyclic) bond motifs is 1. The van der Waals surface area contributed by atoms with Gasteiger partial charge < -0.3 is 10.6 Å². The molecule has 0 aromatic carbocycles. The molecule has 112 valence electrons. The number of nitrogens with zero attached hydrogens (tertiary/aromatic N) is 3. The smallest absolute Gasteiger partial charge is 0.191 e. The molecule has 1 aliphatic heterocycles. The monoisotopic (exact) mass is 406 g/mol. The van der Waals surface area contributed by atoms with Crippen molar-refractivity contribution in [3.05, 3.63) is 21.9 Å². The van der Waals surface area contributed by atoms with Crippen molar-refractivity contribution >= 4 is 41.3 Å². The van der Waals surface area contributed by atoms with Crippen molar-refractivity contribution < 1.29 is 0 Å². The highest BCUT2D eigenvalue weighted by atomic mass is 127. The zero-order chi connectivity index (χ0) is 13.2. The Balaban J connectivity index is 0.00000147. The molecule has 20 heavy (non-hydrogen) atoms. The molecule has 2 N–H and O–H groups in total. The molecule has 6 heteroatoms. The molecule has 0 saturated heterocycles. The molecule has 0 radical (unpaired) electrons. The van der Waals surface area contributed by atoms with Crippen LogP contribution in [0.1, 0.15) is 23.3 Å². The van der Waals surface area contributed by atoms with Gasteiger partial charge in [0.1, 0.15) is 0 Å². The second-order valence-electron chi connectivity index (χ2n) is 5.48. The van der Waals surface area contributed by atoms with E-state index >= 15 is 0 Å². The molecular formula is C14H23IN4S. The van der Waals surface area contributed by atoms with E-state index in [0.717, 1.165) is 26.2 Å². The number of rotatable bonds is 4. The van der Waals surface area contributed by atoms with Gasteiger partial charge in [0.05, 0.1) is 6.54 Å². The molecule has 1 aliphatic carbocycles. The molecule has 3 rings (SSSR count). The summed E-state index contributed by atoms with van der Waals surface area (Å²) in [7, 11) is 2.05. The van der Waals surface area contributed by atoms with E-state index in [1.54, 1.807) is 4.88 Å². The molecule has 1 aromatic rings. The van der Waals surface area contributed by atoms with Crippen LogP contribution < -0.4 is 5.73 Å². The zero-order valence-electron chi connectivity index (χ0n) is 11.9. The van der Waals surface area contributed by atoms with Crippen LogP contribution in [-0.2, 0) is 13.0 Å². The molecule has 4 nitrogen and oxygen atoms in total. The van der Waals surface area contributed by atoms with Gasteiger partial charge in [-0.2, -0.15) is 0 Å². The summed E-state index contributed by atoms with van der Waals surface area (Å²) >= 11 is 1.89. The van der Waals surface area contributed by atoms with E-state index in [0.29, 0.717) is 12.0 Å². The lowest BCUT2D eigenvalue weighted by atomic mass is 10.1. The first-order valence-electron chi connectivity index (χ1n) is 7.04. The lowest BCUT2D eigenvalue weighted by molar-refractivity contribution is 0.263. The van der Waals surface area contributed by atoms with E-state index < -0.39 is 0 Å². The fourth-order valence-corrected chi connectivity index (χ4v) is 3.45. The fraction of sp³-hybridized carbons (Fsp3) is 0.643. The summed E-state index contributed by atoms with van der Waals surface area (Å²) in [6.07, 6.45) is 3.72. The lowest BCUT2D eigenvalue weighted by Crippen LogP contribution is -2.37. The predicted octanol–water partition coefficient (Wildman–Crippen LogP) is 2.13. The molecule has 2 aliphatic rings. The molecule has 1 fully saturated rings.